The number of hydrogen-bond acceptors (Lipinski definition) is 4. The van der Waals surface area contributed by atoms with Crippen molar-refractivity contribution in [2.24, 2.45) is 5.92 Å². The van der Waals surface area contributed by atoms with Gasteiger partial charge in [-0.25, -0.2) is 0 Å². The van der Waals surface area contributed by atoms with E-state index >= 15 is 0 Å². The zero-order valence-corrected chi connectivity index (χ0v) is 18.2. The topological polar surface area (TPSA) is 73.0 Å². The van der Waals surface area contributed by atoms with Gasteiger partial charge in [-0.1, -0.05) is 43.7 Å². The molecule has 30 heavy (non-hydrogen) atoms. The Morgan fingerprint density at radius 3 is 2.43 bits per heavy atom. The summed E-state index contributed by atoms with van der Waals surface area (Å²) < 4.78 is 0. The summed E-state index contributed by atoms with van der Waals surface area (Å²) >= 11 is 0. The minimum absolute atomic E-state index is 0.205. The molecule has 1 N–H and O–H groups in total. The Bertz CT molecular complexity index is 731. The summed E-state index contributed by atoms with van der Waals surface area (Å²) in [6, 6.07) is 8.52. The molecule has 2 saturated heterocycles. The van der Waals surface area contributed by atoms with Crippen LogP contribution >= 0.6 is 0 Å². The first-order valence-electron chi connectivity index (χ1n) is 11.1. The van der Waals surface area contributed by atoms with Crippen molar-refractivity contribution >= 4 is 17.7 Å². The van der Waals surface area contributed by atoms with Gasteiger partial charge < -0.3 is 20.0 Å². The van der Waals surface area contributed by atoms with Crippen LogP contribution in [0.15, 0.2) is 30.3 Å². The molecule has 7 nitrogen and oxygen atoms in total. The van der Waals surface area contributed by atoms with E-state index in [1.54, 1.807) is 4.90 Å². The lowest BCUT2D eigenvalue weighted by molar-refractivity contribution is -0.159. The van der Waals surface area contributed by atoms with E-state index in [4.69, 9.17) is 0 Å². The average molecular weight is 415 g/mol. The number of carbonyl (C=O) groups is 3. The molecular weight excluding hydrogens is 380 g/mol. The van der Waals surface area contributed by atoms with Crippen LogP contribution in [0.5, 0.6) is 0 Å². The molecule has 2 aliphatic heterocycles. The quantitative estimate of drug-likeness (QED) is 0.657. The molecule has 164 valence electrons. The molecule has 7 heteroatoms. The number of benzene rings is 1. The second kappa shape index (κ2) is 10.6. The number of likely N-dealkylation sites (tertiary alicyclic amines) is 1. The molecule has 0 spiro atoms. The number of amides is 3. The van der Waals surface area contributed by atoms with Crippen LogP contribution in [0.2, 0.25) is 0 Å². The highest BCUT2D eigenvalue weighted by atomic mass is 16.2. The standard InChI is InChI=1S/C23H34N4O3/c1-3-4-12-26-15-16-27(23(30)22(26)29)20(19-8-6-5-7-9-19)21(28)24-17-18-10-13-25(2)14-11-18/h5-9,18,20H,3-4,10-17H2,1-2H3,(H,24,28)/t20-/m0/s1. The lowest BCUT2D eigenvalue weighted by atomic mass is 9.96. The molecule has 1 atom stereocenters. The van der Waals surface area contributed by atoms with Gasteiger partial charge in [0.15, 0.2) is 0 Å². The maximum absolute atomic E-state index is 13.2. The Kier molecular flexibility index (Phi) is 7.85. The number of carbonyl (C=O) groups excluding carboxylic acids is 3. The third-order valence-electron chi connectivity index (χ3n) is 6.20. The normalized spacial score (nSPS) is 19.8. The van der Waals surface area contributed by atoms with E-state index in [-0.39, 0.29) is 5.91 Å². The fourth-order valence-corrected chi connectivity index (χ4v) is 4.21. The van der Waals surface area contributed by atoms with Gasteiger partial charge >= 0.3 is 11.8 Å². The highest BCUT2D eigenvalue weighted by molar-refractivity contribution is 6.35. The summed E-state index contributed by atoms with van der Waals surface area (Å²) in [6.45, 7) is 6.17. The minimum atomic E-state index is -0.776. The van der Waals surface area contributed by atoms with Crippen molar-refractivity contribution in [2.45, 2.75) is 38.6 Å². The number of hydrogen-bond donors (Lipinski definition) is 1. The number of nitrogens with one attached hydrogen (secondary N) is 1. The summed E-state index contributed by atoms with van der Waals surface area (Å²) in [5.41, 5.74) is 0.738. The van der Waals surface area contributed by atoms with Crippen LogP contribution in [0.4, 0.5) is 0 Å². The van der Waals surface area contributed by atoms with Crippen molar-refractivity contribution in [3.8, 4) is 0 Å². The van der Waals surface area contributed by atoms with Gasteiger partial charge in [-0.2, -0.15) is 0 Å². The zero-order chi connectivity index (χ0) is 21.5. The van der Waals surface area contributed by atoms with E-state index in [9.17, 15) is 14.4 Å². The van der Waals surface area contributed by atoms with Crippen LogP contribution in [-0.4, -0.2) is 78.7 Å². The summed E-state index contributed by atoms with van der Waals surface area (Å²) in [7, 11) is 2.11. The van der Waals surface area contributed by atoms with E-state index in [0.29, 0.717) is 32.1 Å². The zero-order valence-electron chi connectivity index (χ0n) is 18.2. The Balaban J connectivity index is 1.71. The fourth-order valence-electron chi connectivity index (χ4n) is 4.21. The number of piperidine rings is 1. The van der Waals surface area contributed by atoms with Crippen LogP contribution in [-0.2, 0) is 14.4 Å². The van der Waals surface area contributed by atoms with Crippen molar-refractivity contribution < 1.29 is 14.4 Å². The third kappa shape index (κ3) is 5.39. The van der Waals surface area contributed by atoms with Gasteiger partial charge in [-0.05, 0) is 50.9 Å². The summed E-state index contributed by atoms with van der Waals surface area (Å²) in [4.78, 5) is 44.1. The Hall–Kier alpha value is -2.41. The molecule has 2 heterocycles. The molecule has 0 saturated carbocycles. The van der Waals surface area contributed by atoms with E-state index in [0.717, 1.165) is 44.3 Å². The summed E-state index contributed by atoms with van der Waals surface area (Å²) in [5.74, 6) is -0.840. The second-order valence-corrected chi connectivity index (χ2v) is 8.45. The SMILES string of the molecule is CCCCN1CCN([C@H](C(=O)NCC2CCN(C)CC2)c2ccccc2)C(=O)C1=O. The average Bonchev–Trinajstić information content (AvgIpc) is 2.76. The molecule has 1 aromatic rings. The van der Waals surface area contributed by atoms with Gasteiger partial charge in [0.1, 0.15) is 6.04 Å². The van der Waals surface area contributed by atoms with E-state index in [2.05, 4.69) is 24.2 Å². The number of rotatable bonds is 8. The third-order valence-corrected chi connectivity index (χ3v) is 6.20. The van der Waals surface area contributed by atoms with Crippen molar-refractivity contribution in [1.82, 2.24) is 20.0 Å². The second-order valence-electron chi connectivity index (χ2n) is 8.45. The predicted molar refractivity (Wildman–Crippen MR) is 116 cm³/mol. The van der Waals surface area contributed by atoms with Gasteiger partial charge in [-0.3, -0.25) is 14.4 Å². The molecule has 2 fully saturated rings. The first kappa shape index (κ1) is 22.3. The van der Waals surface area contributed by atoms with Crippen molar-refractivity contribution in [2.75, 3.05) is 46.3 Å². The lowest BCUT2D eigenvalue weighted by Gasteiger charge is -2.38. The molecule has 0 radical (unpaired) electrons. The molecule has 0 aromatic heterocycles. The molecular formula is C23H34N4O3. The van der Waals surface area contributed by atoms with Gasteiger partial charge in [0.2, 0.25) is 5.91 Å². The number of piperazine rings is 1. The van der Waals surface area contributed by atoms with Crippen molar-refractivity contribution in [3.63, 3.8) is 0 Å². The predicted octanol–water partition coefficient (Wildman–Crippen LogP) is 1.66. The van der Waals surface area contributed by atoms with Crippen molar-refractivity contribution in [3.05, 3.63) is 35.9 Å². The maximum Gasteiger partial charge on any atom is 0.313 e. The van der Waals surface area contributed by atoms with Gasteiger partial charge in [0.05, 0.1) is 0 Å². The first-order chi connectivity index (χ1) is 14.5. The van der Waals surface area contributed by atoms with Crippen LogP contribution in [0.25, 0.3) is 0 Å². The smallest absolute Gasteiger partial charge is 0.313 e. The first-order valence-corrected chi connectivity index (χ1v) is 11.1. The minimum Gasteiger partial charge on any atom is -0.354 e. The molecule has 3 amide bonds. The number of nitrogens with zero attached hydrogens (tertiary/aromatic N) is 3. The largest absolute Gasteiger partial charge is 0.354 e. The van der Waals surface area contributed by atoms with Crippen LogP contribution in [0.3, 0.4) is 0 Å². The van der Waals surface area contributed by atoms with Crippen LogP contribution in [0.1, 0.15) is 44.2 Å². The van der Waals surface area contributed by atoms with Gasteiger partial charge in [0.25, 0.3) is 0 Å². The number of unbranched alkanes of at least 4 members (excludes halogenated alkanes) is 1. The highest BCUT2D eigenvalue weighted by Gasteiger charge is 2.39. The molecule has 0 bridgehead atoms. The molecule has 3 rings (SSSR count). The monoisotopic (exact) mass is 414 g/mol. The van der Waals surface area contributed by atoms with E-state index in [1.165, 1.54) is 4.90 Å². The summed E-state index contributed by atoms with van der Waals surface area (Å²) in [6.07, 6.45) is 3.95. The van der Waals surface area contributed by atoms with Gasteiger partial charge in [0, 0.05) is 26.2 Å². The Morgan fingerprint density at radius 2 is 1.77 bits per heavy atom. The molecule has 2 aliphatic rings. The molecule has 0 unspecified atom stereocenters. The van der Waals surface area contributed by atoms with Crippen LogP contribution in [0, 0.1) is 5.92 Å². The fraction of sp³-hybridized carbons (Fsp3) is 0.609. The Labute approximate surface area is 179 Å². The highest BCUT2D eigenvalue weighted by Crippen LogP contribution is 2.24. The Morgan fingerprint density at radius 1 is 1.07 bits per heavy atom. The maximum atomic E-state index is 13.2. The molecule has 1 aromatic carbocycles. The van der Waals surface area contributed by atoms with Crippen molar-refractivity contribution in [1.29, 1.82) is 0 Å². The molecule has 0 aliphatic carbocycles. The van der Waals surface area contributed by atoms with Gasteiger partial charge in [-0.15, -0.1) is 0 Å². The summed E-state index contributed by atoms with van der Waals surface area (Å²) in [5, 5.41) is 3.07. The van der Waals surface area contributed by atoms with E-state index < -0.39 is 17.9 Å². The lowest BCUT2D eigenvalue weighted by Crippen LogP contribution is -2.57. The van der Waals surface area contributed by atoms with E-state index in [1.807, 2.05) is 30.3 Å². The van der Waals surface area contributed by atoms with Crippen LogP contribution < -0.4 is 5.32 Å².